The first kappa shape index (κ1) is 14.7. The van der Waals surface area contributed by atoms with Crippen LogP contribution in [-0.2, 0) is 4.79 Å². The van der Waals surface area contributed by atoms with Crippen molar-refractivity contribution in [2.45, 2.75) is 19.0 Å². The molecule has 0 aliphatic carbocycles. The number of carbonyl (C=O) groups is 1. The van der Waals surface area contributed by atoms with Crippen LogP contribution in [0.1, 0.15) is 17.9 Å². The number of halogens is 3. The van der Waals surface area contributed by atoms with Crippen LogP contribution >= 0.6 is 11.6 Å². The fourth-order valence-corrected chi connectivity index (χ4v) is 1.74. The molecule has 3 N–H and O–H groups in total. The lowest BCUT2D eigenvalue weighted by Gasteiger charge is -2.17. The van der Waals surface area contributed by atoms with Gasteiger partial charge < -0.3 is 15.6 Å². The molecule has 0 aromatic heterocycles. The fourth-order valence-electron chi connectivity index (χ4n) is 1.57. The van der Waals surface area contributed by atoms with Crippen molar-refractivity contribution in [3.8, 4) is 5.75 Å². The lowest BCUT2D eigenvalue weighted by Crippen LogP contribution is -2.18. The molecule has 18 heavy (non-hydrogen) atoms. The molecule has 1 atom stereocenters. The molecule has 100 valence electrons. The van der Waals surface area contributed by atoms with Crippen LogP contribution in [0.5, 0.6) is 5.75 Å². The second-order valence-corrected chi connectivity index (χ2v) is 4.03. The molecule has 1 aromatic rings. The van der Waals surface area contributed by atoms with Gasteiger partial charge in [0, 0.05) is 10.9 Å². The van der Waals surface area contributed by atoms with Gasteiger partial charge in [-0.2, -0.15) is 8.78 Å². The van der Waals surface area contributed by atoms with E-state index in [4.69, 9.17) is 22.4 Å². The Morgan fingerprint density at radius 1 is 1.50 bits per heavy atom. The Hall–Kier alpha value is -1.40. The highest BCUT2D eigenvalue weighted by Gasteiger charge is 2.20. The van der Waals surface area contributed by atoms with Crippen LogP contribution in [0, 0.1) is 0 Å². The Labute approximate surface area is 107 Å². The molecule has 7 heteroatoms. The van der Waals surface area contributed by atoms with E-state index in [9.17, 15) is 13.6 Å². The van der Waals surface area contributed by atoms with Crippen LogP contribution in [0.4, 0.5) is 8.78 Å². The van der Waals surface area contributed by atoms with Crippen molar-refractivity contribution >= 4 is 17.6 Å². The number of carboxylic acid groups (broad SMARTS) is 1. The summed E-state index contributed by atoms with van der Waals surface area (Å²) in [5.74, 6) is -1.81. The number of hydrogen-bond donors (Lipinski definition) is 2. The van der Waals surface area contributed by atoms with Crippen molar-refractivity contribution in [2.24, 2.45) is 5.73 Å². The summed E-state index contributed by atoms with van der Waals surface area (Å²) < 4.78 is 28.8. The minimum Gasteiger partial charge on any atom is -0.481 e. The number of ether oxygens (including phenoxy) is 1. The number of carboxylic acids is 1. The van der Waals surface area contributed by atoms with Crippen molar-refractivity contribution < 1.29 is 23.4 Å². The highest BCUT2D eigenvalue weighted by molar-refractivity contribution is 6.30. The van der Waals surface area contributed by atoms with E-state index in [2.05, 4.69) is 4.74 Å². The van der Waals surface area contributed by atoms with Crippen molar-refractivity contribution in [2.75, 3.05) is 6.54 Å². The van der Waals surface area contributed by atoms with Gasteiger partial charge in [0.1, 0.15) is 5.75 Å². The molecule has 0 fully saturated rings. The van der Waals surface area contributed by atoms with Gasteiger partial charge in [-0.1, -0.05) is 17.7 Å². The minimum atomic E-state index is -3.01. The van der Waals surface area contributed by atoms with E-state index < -0.39 is 18.5 Å². The number of aliphatic carboxylic acids is 1. The van der Waals surface area contributed by atoms with Gasteiger partial charge in [-0.05, 0) is 24.2 Å². The molecule has 0 heterocycles. The third kappa shape index (κ3) is 4.12. The zero-order valence-corrected chi connectivity index (χ0v) is 10.0. The standard InChI is InChI=1S/C11H12ClF2NO3/c12-7-1-2-8(6(5-15)3-10(16)17)9(4-7)18-11(13)14/h1-2,4,6,11H,3,5,15H2,(H,16,17). The van der Waals surface area contributed by atoms with Crippen LogP contribution in [-0.4, -0.2) is 24.2 Å². The van der Waals surface area contributed by atoms with Gasteiger partial charge in [0.15, 0.2) is 0 Å². The normalized spacial score (nSPS) is 12.5. The van der Waals surface area contributed by atoms with E-state index in [-0.39, 0.29) is 23.7 Å². The van der Waals surface area contributed by atoms with Crippen molar-refractivity contribution in [1.82, 2.24) is 0 Å². The molecular formula is C11H12ClF2NO3. The van der Waals surface area contributed by atoms with Crippen LogP contribution in [0.25, 0.3) is 0 Å². The van der Waals surface area contributed by atoms with Crippen molar-refractivity contribution in [3.63, 3.8) is 0 Å². The van der Waals surface area contributed by atoms with Gasteiger partial charge in [0.05, 0.1) is 6.42 Å². The van der Waals surface area contributed by atoms with E-state index in [1.54, 1.807) is 0 Å². The zero-order valence-electron chi connectivity index (χ0n) is 9.28. The summed E-state index contributed by atoms with van der Waals surface area (Å²) in [7, 11) is 0. The van der Waals surface area contributed by atoms with E-state index >= 15 is 0 Å². The Kier molecular flexibility index (Phi) is 5.30. The van der Waals surface area contributed by atoms with Crippen LogP contribution in [0.15, 0.2) is 18.2 Å². The Bertz CT molecular complexity index is 429. The van der Waals surface area contributed by atoms with Gasteiger partial charge >= 0.3 is 12.6 Å². The number of hydrogen-bond acceptors (Lipinski definition) is 3. The first-order valence-electron chi connectivity index (χ1n) is 5.10. The van der Waals surface area contributed by atoms with E-state index in [0.717, 1.165) is 0 Å². The predicted molar refractivity (Wildman–Crippen MR) is 62.1 cm³/mol. The molecule has 0 saturated carbocycles. The topological polar surface area (TPSA) is 72.6 Å². The van der Waals surface area contributed by atoms with Gasteiger partial charge in [-0.25, -0.2) is 0 Å². The lowest BCUT2D eigenvalue weighted by atomic mass is 9.95. The van der Waals surface area contributed by atoms with E-state index in [1.165, 1.54) is 18.2 Å². The van der Waals surface area contributed by atoms with Crippen molar-refractivity contribution in [3.05, 3.63) is 28.8 Å². The van der Waals surface area contributed by atoms with Crippen LogP contribution in [0.3, 0.4) is 0 Å². The molecule has 4 nitrogen and oxygen atoms in total. The summed E-state index contributed by atoms with van der Waals surface area (Å²) in [5, 5.41) is 8.96. The average molecular weight is 280 g/mol. The highest BCUT2D eigenvalue weighted by atomic mass is 35.5. The maximum absolute atomic E-state index is 12.2. The Balaban J connectivity index is 3.07. The lowest BCUT2D eigenvalue weighted by molar-refractivity contribution is -0.137. The molecule has 0 saturated heterocycles. The summed E-state index contributed by atoms with van der Waals surface area (Å²) in [6.07, 6.45) is -0.266. The van der Waals surface area contributed by atoms with Gasteiger partial charge in [-0.3, -0.25) is 4.79 Å². The molecule has 1 unspecified atom stereocenters. The predicted octanol–water partition coefficient (Wildman–Crippen LogP) is 2.46. The third-order valence-corrected chi connectivity index (χ3v) is 2.57. The molecule has 1 aromatic carbocycles. The molecule has 0 aliphatic heterocycles. The summed E-state index contributed by atoms with van der Waals surface area (Å²) in [6, 6.07) is 4.13. The summed E-state index contributed by atoms with van der Waals surface area (Å²) >= 11 is 5.68. The van der Waals surface area contributed by atoms with Crippen LogP contribution < -0.4 is 10.5 Å². The fraction of sp³-hybridized carbons (Fsp3) is 0.364. The number of alkyl halides is 2. The monoisotopic (exact) mass is 279 g/mol. The molecule has 0 amide bonds. The number of nitrogens with two attached hydrogens (primary N) is 1. The first-order valence-corrected chi connectivity index (χ1v) is 5.48. The highest BCUT2D eigenvalue weighted by Crippen LogP contribution is 2.32. The Morgan fingerprint density at radius 3 is 2.67 bits per heavy atom. The number of benzene rings is 1. The minimum absolute atomic E-state index is 0.00747. The van der Waals surface area contributed by atoms with Crippen molar-refractivity contribution in [1.29, 1.82) is 0 Å². The SMILES string of the molecule is NCC(CC(=O)O)c1ccc(Cl)cc1OC(F)F. The zero-order chi connectivity index (χ0) is 13.7. The second kappa shape index (κ2) is 6.51. The summed E-state index contributed by atoms with van der Waals surface area (Å²) in [6.45, 7) is -3.00. The van der Waals surface area contributed by atoms with E-state index in [1.807, 2.05) is 0 Å². The largest absolute Gasteiger partial charge is 0.481 e. The molecule has 0 spiro atoms. The second-order valence-electron chi connectivity index (χ2n) is 3.59. The smallest absolute Gasteiger partial charge is 0.387 e. The average Bonchev–Trinajstić information content (AvgIpc) is 2.25. The maximum atomic E-state index is 12.2. The quantitative estimate of drug-likeness (QED) is 0.839. The summed E-state index contributed by atoms with van der Waals surface area (Å²) in [4.78, 5) is 10.7. The van der Waals surface area contributed by atoms with Gasteiger partial charge in [0.25, 0.3) is 0 Å². The molecule has 0 radical (unpaired) electrons. The molecular weight excluding hydrogens is 268 g/mol. The Morgan fingerprint density at radius 2 is 2.17 bits per heavy atom. The van der Waals surface area contributed by atoms with Gasteiger partial charge in [0.2, 0.25) is 0 Å². The third-order valence-electron chi connectivity index (χ3n) is 2.34. The molecule has 0 aliphatic rings. The maximum Gasteiger partial charge on any atom is 0.387 e. The first-order chi connectivity index (χ1) is 8.43. The summed E-state index contributed by atoms with van der Waals surface area (Å²) in [5.41, 5.74) is 5.76. The van der Waals surface area contributed by atoms with Crippen LogP contribution in [0.2, 0.25) is 5.02 Å². The molecule has 0 bridgehead atoms. The van der Waals surface area contributed by atoms with Gasteiger partial charge in [-0.15, -0.1) is 0 Å². The van der Waals surface area contributed by atoms with E-state index in [0.29, 0.717) is 5.56 Å². The molecule has 1 rings (SSSR count). The number of rotatable bonds is 6.